The maximum atomic E-state index is 12.1. The first-order valence-electron chi connectivity index (χ1n) is 9.16. The maximum Gasteiger partial charge on any atom is 0.220 e. The Kier molecular flexibility index (Phi) is 8.06. The summed E-state index contributed by atoms with van der Waals surface area (Å²) in [5, 5.41) is 6.06. The third-order valence-corrected chi connectivity index (χ3v) is 5.44. The lowest BCUT2D eigenvalue weighted by Gasteiger charge is -2.26. The summed E-state index contributed by atoms with van der Waals surface area (Å²) in [4.78, 5) is 19.1. The van der Waals surface area contributed by atoms with Crippen LogP contribution in [0.5, 0.6) is 5.75 Å². The highest BCUT2D eigenvalue weighted by Crippen LogP contribution is 2.24. The van der Waals surface area contributed by atoms with Crippen molar-refractivity contribution in [2.75, 3.05) is 26.7 Å². The average molecular weight is 376 g/mol. The molecule has 0 spiro atoms. The Hall–Kier alpha value is -1.92. The van der Waals surface area contributed by atoms with Crippen LogP contribution in [0.15, 0.2) is 29.6 Å². The Balaban J connectivity index is 1.80. The number of amides is 1. The van der Waals surface area contributed by atoms with E-state index in [4.69, 9.17) is 4.74 Å². The molecule has 0 aliphatic rings. The van der Waals surface area contributed by atoms with Crippen molar-refractivity contribution in [3.8, 4) is 17.0 Å². The first kappa shape index (κ1) is 20.4. The fourth-order valence-corrected chi connectivity index (χ4v) is 3.67. The Morgan fingerprint density at radius 1 is 1.27 bits per heavy atom. The van der Waals surface area contributed by atoms with Gasteiger partial charge in [-0.2, -0.15) is 0 Å². The fraction of sp³-hybridized carbons (Fsp3) is 0.500. The van der Waals surface area contributed by atoms with Crippen LogP contribution in [-0.2, 0) is 11.2 Å². The maximum absolute atomic E-state index is 12.1. The number of aryl methyl sites for hydroxylation is 1. The van der Waals surface area contributed by atoms with Crippen LogP contribution in [0, 0.1) is 0 Å². The van der Waals surface area contributed by atoms with Gasteiger partial charge in [-0.1, -0.05) is 13.8 Å². The number of thiazole rings is 1. The molecule has 1 N–H and O–H groups in total. The smallest absolute Gasteiger partial charge is 0.220 e. The van der Waals surface area contributed by atoms with Gasteiger partial charge in [0.2, 0.25) is 5.91 Å². The first-order chi connectivity index (χ1) is 12.6. The lowest BCUT2D eigenvalue weighted by atomic mass is 10.2. The van der Waals surface area contributed by atoms with Crippen LogP contribution in [0.2, 0.25) is 0 Å². The van der Waals surface area contributed by atoms with E-state index in [0.29, 0.717) is 25.4 Å². The van der Waals surface area contributed by atoms with Gasteiger partial charge in [0.25, 0.3) is 0 Å². The van der Waals surface area contributed by atoms with Gasteiger partial charge in [0.1, 0.15) is 5.75 Å². The number of benzene rings is 1. The van der Waals surface area contributed by atoms with E-state index in [1.165, 1.54) is 0 Å². The van der Waals surface area contributed by atoms with E-state index in [0.717, 1.165) is 35.1 Å². The van der Waals surface area contributed by atoms with E-state index in [1.54, 1.807) is 18.4 Å². The van der Waals surface area contributed by atoms with Crippen LogP contribution in [0.3, 0.4) is 0 Å². The number of rotatable bonds is 10. The van der Waals surface area contributed by atoms with Crippen molar-refractivity contribution in [2.24, 2.45) is 0 Å². The molecule has 6 heteroatoms. The zero-order chi connectivity index (χ0) is 18.9. The van der Waals surface area contributed by atoms with Crippen LogP contribution < -0.4 is 10.1 Å². The minimum absolute atomic E-state index is 0.0882. The summed E-state index contributed by atoms with van der Waals surface area (Å²) in [5.41, 5.74) is 2.01. The molecule has 1 aromatic carbocycles. The molecule has 2 aromatic rings. The molecule has 5 nitrogen and oxygen atoms in total. The van der Waals surface area contributed by atoms with Gasteiger partial charge in [-0.25, -0.2) is 4.98 Å². The molecule has 26 heavy (non-hydrogen) atoms. The number of likely N-dealkylation sites (N-methyl/N-ethyl adjacent to an activating group) is 1. The highest BCUT2D eigenvalue weighted by Gasteiger charge is 2.12. The van der Waals surface area contributed by atoms with E-state index < -0.39 is 0 Å². The van der Waals surface area contributed by atoms with E-state index in [-0.39, 0.29) is 5.91 Å². The van der Waals surface area contributed by atoms with Gasteiger partial charge in [-0.15, -0.1) is 11.3 Å². The third kappa shape index (κ3) is 5.81. The lowest BCUT2D eigenvalue weighted by molar-refractivity contribution is -0.121. The Bertz CT molecular complexity index is 681. The van der Waals surface area contributed by atoms with Gasteiger partial charge in [0, 0.05) is 36.4 Å². The monoisotopic (exact) mass is 375 g/mol. The molecular weight excluding hydrogens is 346 g/mol. The van der Waals surface area contributed by atoms with Gasteiger partial charge in [-0.3, -0.25) is 9.69 Å². The van der Waals surface area contributed by atoms with Crippen LogP contribution >= 0.6 is 11.3 Å². The predicted molar refractivity (Wildman–Crippen MR) is 108 cm³/mol. The largest absolute Gasteiger partial charge is 0.497 e. The highest BCUT2D eigenvalue weighted by atomic mass is 32.1. The van der Waals surface area contributed by atoms with Crippen LogP contribution in [0.25, 0.3) is 11.3 Å². The van der Waals surface area contributed by atoms with Crippen molar-refractivity contribution in [1.29, 1.82) is 0 Å². The van der Waals surface area contributed by atoms with Crippen molar-refractivity contribution in [1.82, 2.24) is 15.2 Å². The SMILES string of the molecule is CCN(CC)C(C)CNC(=O)CCc1nc(-c2ccc(OC)cc2)cs1. The van der Waals surface area contributed by atoms with Crippen LogP contribution in [0.4, 0.5) is 0 Å². The molecule has 0 bridgehead atoms. The second-order valence-electron chi connectivity index (χ2n) is 6.23. The summed E-state index contributed by atoms with van der Waals surface area (Å²) in [6.45, 7) is 9.13. The zero-order valence-corrected chi connectivity index (χ0v) is 16.9. The second-order valence-corrected chi connectivity index (χ2v) is 7.17. The summed E-state index contributed by atoms with van der Waals surface area (Å²) in [6.07, 6.45) is 1.15. The zero-order valence-electron chi connectivity index (χ0n) is 16.1. The number of carbonyl (C=O) groups excluding carboxylic acids is 1. The number of aromatic nitrogens is 1. The van der Waals surface area contributed by atoms with Gasteiger partial charge >= 0.3 is 0 Å². The number of carbonyl (C=O) groups is 1. The summed E-state index contributed by atoms with van der Waals surface area (Å²) < 4.78 is 5.18. The Labute approximate surface area is 160 Å². The summed E-state index contributed by atoms with van der Waals surface area (Å²) >= 11 is 1.60. The van der Waals surface area contributed by atoms with Crippen molar-refractivity contribution >= 4 is 17.2 Å². The topological polar surface area (TPSA) is 54.5 Å². The molecule has 1 aromatic heterocycles. The van der Waals surface area contributed by atoms with E-state index in [2.05, 4.69) is 36.0 Å². The van der Waals surface area contributed by atoms with Crippen molar-refractivity contribution in [3.63, 3.8) is 0 Å². The normalized spacial score (nSPS) is 12.2. The van der Waals surface area contributed by atoms with Crippen LogP contribution in [-0.4, -0.2) is 48.6 Å². The van der Waals surface area contributed by atoms with Gasteiger partial charge in [0.15, 0.2) is 0 Å². The molecule has 0 aliphatic heterocycles. The number of hydrogen-bond donors (Lipinski definition) is 1. The molecule has 1 atom stereocenters. The fourth-order valence-electron chi connectivity index (χ4n) is 2.87. The van der Waals surface area contributed by atoms with Crippen molar-refractivity contribution in [3.05, 3.63) is 34.7 Å². The molecule has 0 aliphatic carbocycles. The lowest BCUT2D eigenvalue weighted by Crippen LogP contribution is -2.42. The van der Waals surface area contributed by atoms with E-state index >= 15 is 0 Å². The number of nitrogens with zero attached hydrogens (tertiary/aromatic N) is 2. The predicted octanol–water partition coefficient (Wildman–Crippen LogP) is 3.60. The standard InChI is InChI=1S/C20H29N3O2S/c1-5-23(6-2)15(3)13-21-19(24)11-12-20-22-18(14-26-20)16-7-9-17(25-4)10-8-16/h7-10,14-15H,5-6,11-13H2,1-4H3,(H,21,24). The summed E-state index contributed by atoms with van der Waals surface area (Å²) in [7, 11) is 1.66. The molecule has 0 fully saturated rings. The quantitative estimate of drug-likeness (QED) is 0.689. The molecule has 1 unspecified atom stereocenters. The van der Waals surface area contributed by atoms with Crippen molar-refractivity contribution in [2.45, 2.75) is 39.7 Å². The van der Waals surface area contributed by atoms with Crippen molar-refractivity contribution < 1.29 is 9.53 Å². The molecule has 0 saturated heterocycles. The number of nitrogens with one attached hydrogen (secondary N) is 1. The second kappa shape index (κ2) is 10.3. The molecule has 0 saturated carbocycles. The minimum atomic E-state index is 0.0882. The number of hydrogen-bond acceptors (Lipinski definition) is 5. The molecule has 1 heterocycles. The summed E-state index contributed by atoms with van der Waals surface area (Å²) in [5.74, 6) is 0.921. The Morgan fingerprint density at radius 2 is 1.96 bits per heavy atom. The molecule has 142 valence electrons. The highest BCUT2D eigenvalue weighted by molar-refractivity contribution is 7.09. The molecular formula is C20H29N3O2S. The third-order valence-electron chi connectivity index (χ3n) is 4.53. The summed E-state index contributed by atoms with van der Waals surface area (Å²) in [6, 6.07) is 8.21. The van der Waals surface area contributed by atoms with E-state index in [9.17, 15) is 4.79 Å². The molecule has 0 radical (unpaired) electrons. The van der Waals surface area contributed by atoms with Crippen LogP contribution in [0.1, 0.15) is 32.2 Å². The molecule has 1 amide bonds. The van der Waals surface area contributed by atoms with Gasteiger partial charge in [-0.05, 0) is 44.3 Å². The molecule has 2 rings (SSSR count). The number of ether oxygens (including phenoxy) is 1. The number of methoxy groups -OCH3 is 1. The van der Waals surface area contributed by atoms with Gasteiger partial charge < -0.3 is 10.1 Å². The first-order valence-corrected chi connectivity index (χ1v) is 10.0. The average Bonchev–Trinajstić information content (AvgIpc) is 3.14. The van der Waals surface area contributed by atoms with Gasteiger partial charge in [0.05, 0.1) is 17.8 Å². The minimum Gasteiger partial charge on any atom is -0.497 e. The Morgan fingerprint density at radius 3 is 2.58 bits per heavy atom. The van der Waals surface area contributed by atoms with E-state index in [1.807, 2.05) is 29.6 Å².